The summed E-state index contributed by atoms with van der Waals surface area (Å²) in [4.78, 5) is 25.0. The van der Waals surface area contributed by atoms with Crippen LogP contribution in [-0.2, 0) is 9.84 Å². The van der Waals surface area contributed by atoms with Gasteiger partial charge in [-0.1, -0.05) is 5.18 Å². The van der Waals surface area contributed by atoms with Gasteiger partial charge in [0, 0.05) is 5.56 Å². The third kappa shape index (κ3) is 2.25. The van der Waals surface area contributed by atoms with Crippen molar-refractivity contribution in [2.75, 3.05) is 5.75 Å². The van der Waals surface area contributed by atoms with Crippen LogP contribution in [0.5, 0.6) is 0 Å². The highest BCUT2D eigenvalue weighted by molar-refractivity contribution is 7.91. The Hall–Kier alpha value is -2.36. The highest BCUT2D eigenvalue weighted by Gasteiger charge is 2.37. The Bertz CT molecular complexity index is 740. The zero-order valence-electron chi connectivity index (χ0n) is 9.91. The predicted molar refractivity (Wildman–Crippen MR) is 67.1 cm³/mol. The SMILES string of the molecule is NC(N)=NC(=O)c1cc2c(cc1F)C(N=O)CS2(=O)=O. The van der Waals surface area contributed by atoms with Crippen molar-refractivity contribution in [2.45, 2.75) is 10.9 Å². The van der Waals surface area contributed by atoms with Crippen molar-refractivity contribution < 1.29 is 17.6 Å². The second-order valence-corrected chi connectivity index (χ2v) is 6.12. The Balaban J connectivity index is 2.65. The van der Waals surface area contributed by atoms with Crippen molar-refractivity contribution in [3.8, 4) is 0 Å². The van der Waals surface area contributed by atoms with Gasteiger partial charge < -0.3 is 11.5 Å². The van der Waals surface area contributed by atoms with E-state index in [1.807, 2.05) is 0 Å². The number of guanidine groups is 1. The van der Waals surface area contributed by atoms with E-state index in [0.29, 0.717) is 0 Å². The van der Waals surface area contributed by atoms with Gasteiger partial charge in [-0.15, -0.1) is 0 Å². The van der Waals surface area contributed by atoms with Crippen LogP contribution in [0.2, 0.25) is 0 Å². The lowest BCUT2D eigenvalue weighted by Gasteiger charge is -2.04. The van der Waals surface area contributed by atoms with Crippen LogP contribution in [0.1, 0.15) is 22.0 Å². The molecule has 0 fully saturated rings. The van der Waals surface area contributed by atoms with E-state index in [4.69, 9.17) is 11.5 Å². The molecule has 1 aromatic rings. The molecule has 1 aliphatic rings. The zero-order chi connectivity index (χ0) is 15.1. The Labute approximate surface area is 112 Å². The van der Waals surface area contributed by atoms with Crippen molar-refractivity contribution in [3.05, 3.63) is 34.0 Å². The topological polar surface area (TPSA) is 145 Å². The Morgan fingerprint density at radius 2 is 2.00 bits per heavy atom. The van der Waals surface area contributed by atoms with Crippen LogP contribution in [0.4, 0.5) is 4.39 Å². The van der Waals surface area contributed by atoms with Crippen LogP contribution in [0, 0.1) is 10.7 Å². The van der Waals surface area contributed by atoms with E-state index in [1.165, 1.54) is 0 Å². The van der Waals surface area contributed by atoms with E-state index >= 15 is 0 Å². The molecule has 106 valence electrons. The number of halogens is 1. The molecule has 8 nitrogen and oxygen atoms in total. The standard InChI is InChI=1S/C10H9FN4O4S/c11-6-1-5-7(15-17)3-20(18,19)8(5)2-4(6)9(16)14-10(12)13/h1-2,7H,3H2,(H4,12,13,14,16). The molecule has 4 N–H and O–H groups in total. The van der Waals surface area contributed by atoms with E-state index in [0.717, 1.165) is 12.1 Å². The number of rotatable bonds is 2. The van der Waals surface area contributed by atoms with Gasteiger partial charge in [0.25, 0.3) is 5.91 Å². The predicted octanol–water partition coefficient (Wildman–Crippen LogP) is -0.166. The number of hydrogen-bond donors (Lipinski definition) is 2. The first kappa shape index (κ1) is 14.1. The third-order valence-electron chi connectivity index (χ3n) is 2.76. The number of benzene rings is 1. The number of nitrogens with two attached hydrogens (primary N) is 2. The summed E-state index contributed by atoms with van der Waals surface area (Å²) in [6.45, 7) is 0. The summed E-state index contributed by atoms with van der Waals surface area (Å²) in [5.41, 5.74) is 9.34. The number of aliphatic imine (C=N–C) groups is 1. The normalized spacial score (nSPS) is 19.1. The second-order valence-electron chi connectivity index (χ2n) is 4.11. The first-order valence-electron chi connectivity index (χ1n) is 5.29. The maximum Gasteiger partial charge on any atom is 0.283 e. The van der Waals surface area contributed by atoms with Crippen molar-refractivity contribution in [2.24, 2.45) is 21.6 Å². The van der Waals surface area contributed by atoms with Gasteiger partial charge in [0.2, 0.25) is 0 Å². The molecule has 1 amide bonds. The Morgan fingerprint density at radius 1 is 1.35 bits per heavy atom. The molecule has 2 rings (SSSR count). The molecule has 0 saturated carbocycles. The number of sulfone groups is 1. The number of nitroso groups, excluding NO2 is 1. The lowest BCUT2D eigenvalue weighted by atomic mass is 10.1. The van der Waals surface area contributed by atoms with Gasteiger partial charge in [-0.25, -0.2) is 12.8 Å². The average molecular weight is 300 g/mol. The summed E-state index contributed by atoms with van der Waals surface area (Å²) in [5, 5.41) is 2.64. The molecule has 20 heavy (non-hydrogen) atoms. The van der Waals surface area contributed by atoms with Gasteiger partial charge in [-0.3, -0.25) is 4.79 Å². The van der Waals surface area contributed by atoms with Crippen molar-refractivity contribution in [1.82, 2.24) is 0 Å². The van der Waals surface area contributed by atoms with Crippen molar-refractivity contribution in [3.63, 3.8) is 0 Å². The fourth-order valence-corrected chi connectivity index (χ4v) is 3.60. The van der Waals surface area contributed by atoms with Gasteiger partial charge in [0.05, 0.1) is 16.2 Å². The monoisotopic (exact) mass is 300 g/mol. The molecule has 1 aliphatic heterocycles. The molecular weight excluding hydrogens is 291 g/mol. The molecule has 1 unspecified atom stereocenters. The lowest BCUT2D eigenvalue weighted by Crippen LogP contribution is -2.24. The Morgan fingerprint density at radius 3 is 2.55 bits per heavy atom. The van der Waals surface area contributed by atoms with E-state index in [1.54, 1.807) is 0 Å². The van der Waals surface area contributed by atoms with Crippen molar-refractivity contribution in [1.29, 1.82) is 0 Å². The lowest BCUT2D eigenvalue weighted by molar-refractivity contribution is 0.0998. The van der Waals surface area contributed by atoms with E-state index in [-0.39, 0.29) is 10.5 Å². The maximum atomic E-state index is 13.8. The molecular formula is C10H9FN4O4S. The molecule has 10 heteroatoms. The second kappa shape index (κ2) is 4.63. The van der Waals surface area contributed by atoms with Crippen LogP contribution in [0.15, 0.2) is 27.2 Å². The van der Waals surface area contributed by atoms with E-state index < -0.39 is 44.9 Å². The first-order chi connectivity index (χ1) is 9.26. The summed E-state index contributed by atoms with van der Waals surface area (Å²) in [6, 6.07) is 0.429. The molecule has 0 aromatic heterocycles. The minimum absolute atomic E-state index is 0.0706. The molecule has 0 saturated heterocycles. The van der Waals surface area contributed by atoms with Gasteiger partial charge >= 0.3 is 0 Å². The summed E-state index contributed by atoms with van der Waals surface area (Å²) >= 11 is 0. The van der Waals surface area contributed by atoms with Crippen LogP contribution >= 0.6 is 0 Å². The molecule has 0 radical (unpaired) electrons. The fourth-order valence-electron chi connectivity index (χ4n) is 1.91. The number of amides is 1. The van der Waals surface area contributed by atoms with Crippen LogP contribution in [0.25, 0.3) is 0 Å². The van der Waals surface area contributed by atoms with Crippen molar-refractivity contribution >= 4 is 21.7 Å². The summed E-state index contributed by atoms with van der Waals surface area (Å²) < 4.78 is 37.4. The minimum atomic E-state index is -3.79. The van der Waals surface area contributed by atoms with Crippen LogP contribution in [0.3, 0.4) is 0 Å². The first-order valence-corrected chi connectivity index (χ1v) is 6.94. The molecule has 0 bridgehead atoms. The van der Waals surface area contributed by atoms with Gasteiger partial charge in [0.1, 0.15) is 11.9 Å². The van der Waals surface area contributed by atoms with Crippen LogP contribution < -0.4 is 11.5 Å². The van der Waals surface area contributed by atoms with E-state index in [2.05, 4.69) is 10.2 Å². The number of fused-ring (bicyclic) bond motifs is 1. The highest BCUT2D eigenvalue weighted by atomic mass is 32.2. The maximum absolute atomic E-state index is 13.8. The molecule has 1 heterocycles. The molecule has 1 aromatic carbocycles. The zero-order valence-corrected chi connectivity index (χ0v) is 10.7. The molecule has 1 atom stereocenters. The smallest absolute Gasteiger partial charge is 0.283 e. The fraction of sp³-hybridized carbons (Fsp3) is 0.200. The van der Waals surface area contributed by atoms with Gasteiger partial charge in [0.15, 0.2) is 15.8 Å². The van der Waals surface area contributed by atoms with Gasteiger partial charge in [-0.05, 0) is 12.1 Å². The largest absolute Gasteiger partial charge is 0.370 e. The highest BCUT2D eigenvalue weighted by Crippen LogP contribution is 2.37. The third-order valence-corrected chi connectivity index (χ3v) is 4.54. The van der Waals surface area contributed by atoms with Gasteiger partial charge in [-0.2, -0.15) is 9.90 Å². The molecule has 0 spiro atoms. The number of carbonyl (C=O) groups is 1. The van der Waals surface area contributed by atoms with Crippen LogP contribution in [-0.4, -0.2) is 26.0 Å². The number of nitrogens with zero attached hydrogens (tertiary/aromatic N) is 2. The summed E-state index contributed by atoms with van der Waals surface area (Å²) in [7, 11) is -3.79. The summed E-state index contributed by atoms with van der Waals surface area (Å²) in [5.74, 6) is -3.26. The molecule has 0 aliphatic carbocycles. The summed E-state index contributed by atoms with van der Waals surface area (Å²) in [6.07, 6.45) is 0. The van der Waals surface area contributed by atoms with E-state index in [9.17, 15) is 22.5 Å². The Kier molecular flexibility index (Phi) is 3.26. The minimum Gasteiger partial charge on any atom is -0.370 e. The number of carbonyl (C=O) groups excluding carboxylic acids is 1. The average Bonchev–Trinajstić information content (AvgIpc) is 2.58. The quantitative estimate of drug-likeness (QED) is 0.336. The number of hydrogen-bond acceptors (Lipinski definition) is 5.